The summed E-state index contributed by atoms with van der Waals surface area (Å²) in [6.45, 7) is 1.76. The third kappa shape index (κ3) is 2.73. The van der Waals surface area contributed by atoms with Gasteiger partial charge in [0, 0.05) is 18.7 Å². The number of hydrogen-bond acceptors (Lipinski definition) is 6. The Morgan fingerprint density at radius 1 is 1.29 bits per heavy atom. The van der Waals surface area contributed by atoms with Gasteiger partial charge in [0.1, 0.15) is 0 Å². The largest absolute Gasteiger partial charge is 0.466 e. The van der Waals surface area contributed by atoms with Crippen molar-refractivity contribution in [2.45, 2.75) is 13.3 Å². The lowest BCUT2D eigenvalue weighted by Crippen LogP contribution is -2.32. The van der Waals surface area contributed by atoms with Gasteiger partial charge < -0.3 is 4.74 Å². The average molecular weight is 292 g/mol. The highest BCUT2D eigenvalue weighted by molar-refractivity contribution is 6.21. The number of rotatable bonds is 5. The van der Waals surface area contributed by atoms with E-state index in [1.54, 1.807) is 6.92 Å². The highest BCUT2D eigenvalue weighted by Gasteiger charge is 2.36. The first-order valence-corrected chi connectivity index (χ1v) is 6.26. The van der Waals surface area contributed by atoms with E-state index in [1.165, 1.54) is 12.1 Å². The molecule has 0 saturated heterocycles. The lowest BCUT2D eigenvalue weighted by Gasteiger charge is -2.12. The molecule has 1 heterocycles. The van der Waals surface area contributed by atoms with Crippen LogP contribution >= 0.6 is 0 Å². The lowest BCUT2D eigenvalue weighted by atomic mass is 10.1. The van der Waals surface area contributed by atoms with Crippen molar-refractivity contribution < 1.29 is 24.0 Å². The Bertz CT molecular complexity index is 640. The van der Waals surface area contributed by atoms with Gasteiger partial charge in [-0.3, -0.25) is 29.4 Å². The number of benzene rings is 1. The van der Waals surface area contributed by atoms with Gasteiger partial charge in [0.25, 0.3) is 17.5 Å². The minimum absolute atomic E-state index is 0.0157. The molecule has 1 aliphatic heterocycles. The highest BCUT2D eigenvalue weighted by Crippen LogP contribution is 2.26. The van der Waals surface area contributed by atoms with Crippen molar-refractivity contribution in [2.24, 2.45) is 0 Å². The van der Waals surface area contributed by atoms with E-state index >= 15 is 0 Å². The highest BCUT2D eigenvalue weighted by atomic mass is 16.6. The number of hydrogen-bond donors (Lipinski definition) is 0. The molecule has 0 N–H and O–H groups in total. The molecule has 21 heavy (non-hydrogen) atoms. The predicted octanol–water partition coefficient (Wildman–Crippen LogP) is 1.14. The van der Waals surface area contributed by atoms with E-state index in [9.17, 15) is 24.5 Å². The molecule has 0 bridgehead atoms. The second-order valence-electron chi connectivity index (χ2n) is 4.30. The van der Waals surface area contributed by atoms with Crippen LogP contribution in [0.15, 0.2) is 18.2 Å². The van der Waals surface area contributed by atoms with E-state index in [-0.39, 0.29) is 36.4 Å². The molecule has 2 amide bonds. The molecule has 110 valence electrons. The smallest absolute Gasteiger partial charge is 0.307 e. The Morgan fingerprint density at radius 2 is 1.95 bits per heavy atom. The van der Waals surface area contributed by atoms with E-state index in [0.29, 0.717) is 0 Å². The van der Waals surface area contributed by atoms with E-state index in [1.807, 2.05) is 0 Å². The first-order valence-electron chi connectivity index (χ1n) is 6.26. The maximum absolute atomic E-state index is 12.1. The summed E-state index contributed by atoms with van der Waals surface area (Å²) in [6.07, 6.45) is -0.110. The van der Waals surface area contributed by atoms with Gasteiger partial charge in [0.05, 0.1) is 29.1 Å². The summed E-state index contributed by atoms with van der Waals surface area (Å²) in [5.74, 6) is -1.71. The van der Waals surface area contributed by atoms with Crippen LogP contribution in [-0.2, 0) is 9.53 Å². The molecule has 0 spiro atoms. The molecule has 0 radical (unpaired) electrons. The summed E-state index contributed by atoms with van der Waals surface area (Å²) < 4.78 is 4.72. The summed E-state index contributed by atoms with van der Waals surface area (Å²) >= 11 is 0. The number of imide groups is 1. The number of ether oxygens (including phenoxy) is 1. The molecule has 2 rings (SSSR count). The zero-order valence-electron chi connectivity index (χ0n) is 11.2. The van der Waals surface area contributed by atoms with E-state index in [4.69, 9.17) is 4.74 Å². The molecule has 0 atom stereocenters. The molecule has 1 aromatic rings. The van der Waals surface area contributed by atoms with Crippen molar-refractivity contribution in [3.8, 4) is 0 Å². The lowest BCUT2D eigenvalue weighted by molar-refractivity contribution is -0.384. The van der Waals surface area contributed by atoms with Gasteiger partial charge in [-0.1, -0.05) is 0 Å². The first-order chi connectivity index (χ1) is 9.95. The van der Waals surface area contributed by atoms with Gasteiger partial charge in [0.2, 0.25) is 0 Å². The number of nitro groups is 1. The second-order valence-corrected chi connectivity index (χ2v) is 4.30. The summed E-state index contributed by atoms with van der Waals surface area (Å²) in [4.78, 5) is 46.3. The summed E-state index contributed by atoms with van der Waals surface area (Å²) in [6, 6.07) is 3.48. The van der Waals surface area contributed by atoms with Crippen LogP contribution in [0, 0.1) is 10.1 Å². The van der Waals surface area contributed by atoms with Gasteiger partial charge >= 0.3 is 5.97 Å². The molecular formula is C13H12N2O6. The number of amides is 2. The number of nitrogens with zero attached hydrogens (tertiary/aromatic N) is 2. The van der Waals surface area contributed by atoms with Crippen molar-refractivity contribution in [3.63, 3.8) is 0 Å². The fourth-order valence-corrected chi connectivity index (χ4v) is 2.03. The fraction of sp³-hybridized carbons (Fsp3) is 0.308. The van der Waals surface area contributed by atoms with Crippen LogP contribution < -0.4 is 0 Å². The summed E-state index contributed by atoms with van der Waals surface area (Å²) in [5.41, 5.74) is -0.172. The van der Waals surface area contributed by atoms with Gasteiger partial charge in [-0.15, -0.1) is 0 Å². The SMILES string of the molecule is CCOC(=O)CCN1C(=O)c2ccc([N+](=O)[O-])cc2C1=O. The topological polar surface area (TPSA) is 107 Å². The number of fused-ring (bicyclic) bond motifs is 1. The molecule has 8 heteroatoms. The van der Waals surface area contributed by atoms with E-state index < -0.39 is 22.7 Å². The van der Waals surface area contributed by atoms with Crippen LogP contribution in [0.2, 0.25) is 0 Å². The maximum Gasteiger partial charge on any atom is 0.307 e. The van der Waals surface area contributed by atoms with Crippen molar-refractivity contribution in [1.29, 1.82) is 0 Å². The quantitative estimate of drug-likeness (QED) is 0.348. The minimum Gasteiger partial charge on any atom is -0.466 e. The average Bonchev–Trinajstić information content (AvgIpc) is 2.69. The van der Waals surface area contributed by atoms with Gasteiger partial charge in [-0.25, -0.2) is 0 Å². The van der Waals surface area contributed by atoms with Crippen LogP contribution in [0.1, 0.15) is 34.1 Å². The third-order valence-corrected chi connectivity index (χ3v) is 3.01. The molecule has 0 saturated carbocycles. The molecule has 1 aliphatic rings. The Morgan fingerprint density at radius 3 is 2.57 bits per heavy atom. The predicted molar refractivity (Wildman–Crippen MR) is 69.7 cm³/mol. The Hall–Kier alpha value is -2.77. The standard InChI is InChI=1S/C13H12N2O6/c1-2-21-11(16)5-6-14-12(17)9-4-3-8(15(19)20)7-10(9)13(14)18/h3-4,7H,2,5-6H2,1H3. The van der Waals surface area contributed by atoms with Crippen molar-refractivity contribution >= 4 is 23.5 Å². The summed E-state index contributed by atoms with van der Waals surface area (Å²) in [5, 5.41) is 10.7. The monoisotopic (exact) mass is 292 g/mol. The Balaban J connectivity index is 2.18. The first kappa shape index (κ1) is 14.6. The van der Waals surface area contributed by atoms with Crippen LogP contribution in [0.5, 0.6) is 0 Å². The minimum atomic E-state index is -0.640. The van der Waals surface area contributed by atoms with Crippen molar-refractivity contribution in [1.82, 2.24) is 4.90 Å². The molecular weight excluding hydrogens is 280 g/mol. The molecule has 0 aromatic heterocycles. The number of carbonyl (C=O) groups excluding carboxylic acids is 3. The molecule has 0 fully saturated rings. The number of carbonyl (C=O) groups is 3. The van der Waals surface area contributed by atoms with E-state index in [2.05, 4.69) is 0 Å². The van der Waals surface area contributed by atoms with Crippen LogP contribution in [0.3, 0.4) is 0 Å². The second kappa shape index (κ2) is 5.70. The van der Waals surface area contributed by atoms with Crippen molar-refractivity contribution in [3.05, 3.63) is 39.4 Å². The van der Waals surface area contributed by atoms with Crippen LogP contribution in [0.4, 0.5) is 5.69 Å². The fourth-order valence-electron chi connectivity index (χ4n) is 2.03. The number of esters is 1. The Kier molecular flexibility index (Phi) is 3.97. The van der Waals surface area contributed by atoms with Crippen LogP contribution in [-0.4, -0.2) is 40.8 Å². The molecule has 8 nitrogen and oxygen atoms in total. The summed E-state index contributed by atoms with van der Waals surface area (Å²) in [7, 11) is 0. The van der Waals surface area contributed by atoms with Crippen molar-refractivity contribution in [2.75, 3.05) is 13.2 Å². The molecule has 0 aliphatic carbocycles. The van der Waals surface area contributed by atoms with Gasteiger partial charge in [0.15, 0.2) is 0 Å². The molecule has 0 unspecified atom stereocenters. The molecule has 1 aromatic carbocycles. The third-order valence-electron chi connectivity index (χ3n) is 3.01. The number of non-ortho nitro benzene ring substituents is 1. The van der Waals surface area contributed by atoms with Crippen LogP contribution in [0.25, 0.3) is 0 Å². The van der Waals surface area contributed by atoms with E-state index in [0.717, 1.165) is 11.0 Å². The Labute approximate surface area is 119 Å². The maximum atomic E-state index is 12.1. The van der Waals surface area contributed by atoms with Gasteiger partial charge in [-0.2, -0.15) is 0 Å². The zero-order valence-corrected chi connectivity index (χ0v) is 11.2. The zero-order chi connectivity index (χ0) is 15.6. The normalized spacial score (nSPS) is 13.3. The number of nitro benzene ring substituents is 1. The van der Waals surface area contributed by atoms with Gasteiger partial charge in [-0.05, 0) is 13.0 Å².